The van der Waals surface area contributed by atoms with Crippen molar-refractivity contribution in [2.45, 2.75) is 12.8 Å². The first-order chi connectivity index (χ1) is 12.3. The average Bonchev–Trinajstić information content (AvgIpc) is 2.60. The molecule has 1 aliphatic heterocycles. The van der Waals surface area contributed by atoms with Crippen molar-refractivity contribution in [2.75, 3.05) is 19.0 Å². The summed E-state index contributed by atoms with van der Waals surface area (Å²) >= 11 is 0. The van der Waals surface area contributed by atoms with Crippen LogP contribution >= 0.6 is 0 Å². The number of fused-ring (bicyclic) bond motifs is 1. The zero-order valence-electron chi connectivity index (χ0n) is 14.7. The van der Waals surface area contributed by atoms with Crippen molar-refractivity contribution >= 4 is 11.4 Å². The lowest BCUT2D eigenvalue weighted by Crippen LogP contribution is -2.21. The Morgan fingerprint density at radius 3 is 2.62 bits per heavy atom. The van der Waals surface area contributed by atoms with E-state index in [2.05, 4.69) is 6.07 Å². The summed E-state index contributed by atoms with van der Waals surface area (Å²) in [7, 11) is 3.82. The minimum atomic E-state index is -0.515. The van der Waals surface area contributed by atoms with Crippen LogP contribution in [0.5, 0.6) is 5.75 Å². The Balaban J connectivity index is 2.22. The molecule has 1 atom stereocenters. The summed E-state index contributed by atoms with van der Waals surface area (Å²) in [5.41, 5.74) is 9.09. The van der Waals surface area contributed by atoms with Gasteiger partial charge in [0.15, 0.2) is 0 Å². The van der Waals surface area contributed by atoms with Crippen molar-refractivity contribution in [3.8, 4) is 11.8 Å². The molecule has 0 saturated heterocycles. The Kier molecular flexibility index (Phi) is 4.26. The summed E-state index contributed by atoms with van der Waals surface area (Å²) in [5, 5.41) is 20.9. The second-order valence-corrected chi connectivity index (χ2v) is 6.34. The number of nitro groups is 1. The molecule has 3 rings (SSSR count). The number of nitrogens with two attached hydrogens (primary N) is 1. The normalized spacial score (nSPS) is 15.7. The van der Waals surface area contributed by atoms with Crippen molar-refractivity contribution in [2.24, 2.45) is 5.73 Å². The number of anilines is 1. The summed E-state index contributed by atoms with van der Waals surface area (Å²) in [6.07, 6.45) is 0. The molecule has 2 aromatic carbocycles. The zero-order chi connectivity index (χ0) is 19.0. The van der Waals surface area contributed by atoms with Gasteiger partial charge >= 0.3 is 0 Å². The van der Waals surface area contributed by atoms with Gasteiger partial charge in [-0.05, 0) is 18.6 Å². The van der Waals surface area contributed by atoms with Crippen LogP contribution in [0.15, 0.2) is 47.9 Å². The lowest BCUT2D eigenvalue weighted by Gasteiger charge is -2.27. The second kappa shape index (κ2) is 6.41. The highest BCUT2D eigenvalue weighted by molar-refractivity contribution is 5.62. The van der Waals surface area contributed by atoms with E-state index in [-0.39, 0.29) is 17.1 Å². The predicted octanol–water partition coefficient (Wildman–Crippen LogP) is 3.19. The van der Waals surface area contributed by atoms with Crippen molar-refractivity contribution in [3.63, 3.8) is 0 Å². The number of aryl methyl sites for hydroxylation is 1. The molecule has 1 unspecified atom stereocenters. The van der Waals surface area contributed by atoms with Crippen molar-refractivity contribution < 1.29 is 9.66 Å². The maximum absolute atomic E-state index is 11.3. The number of nitro benzene ring substituents is 1. The lowest BCUT2D eigenvalue weighted by molar-refractivity contribution is -0.385. The first-order valence-corrected chi connectivity index (χ1v) is 7.97. The van der Waals surface area contributed by atoms with Crippen LogP contribution in [0.3, 0.4) is 0 Å². The smallest absolute Gasteiger partial charge is 0.272 e. The van der Waals surface area contributed by atoms with E-state index in [0.717, 1.165) is 11.3 Å². The fourth-order valence-electron chi connectivity index (χ4n) is 3.07. The molecule has 2 aromatic rings. The second-order valence-electron chi connectivity index (χ2n) is 6.34. The van der Waals surface area contributed by atoms with Gasteiger partial charge in [0.2, 0.25) is 5.88 Å². The van der Waals surface area contributed by atoms with Gasteiger partial charge in [0.1, 0.15) is 17.4 Å². The van der Waals surface area contributed by atoms with Crippen LogP contribution in [-0.4, -0.2) is 19.0 Å². The number of ether oxygens (including phenoxy) is 1. The van der Waals surface area contributed by atoms with Crippen molar-refractivity contribution in [1.29, 1.82) is 5.26 Å². The lowest BCUT2D eigenvalue weighted by atomic mass is 9.83. The van der Waals surface area contributed by atoms with Crippen LogP contribution in [0.1, 0.15) is 22.6 Å². The van der Waals surface area contributed by atoms with Gasteiger partial charge < -0.3 is 15.4 Å². The van der Waals surface area contributed by atoms with E-state index in [1.807, 2.05) is 37.2 Å². The summed E-state index contributed by atoms with van der Waals surface area (Å²) < 4.78 is 5.65. The number of rotatable bonds is 3. The molecule has 0 fully saturated rings. The zero-order valence-corrected chi connectivity index (χ0v) is 14.7. The molecular formula is C19H18N4O3. The van der Waals surface area contributed by atoms with E-state index in [1.165, 1.54) is 6.07 Å². The summed E-state index contributed by atoms with van der Waals surface area (Å²) in [6.45, 7) is 1.68. The molecule has 1 heterocycles. The fraction of sp³-hybridized carbons (Fsp3) is 0.211. The van der Waals surface area contributed by atoms with Crippen LogP contribution < -0.4 is 15.4 Å². The van der Waals surface area contributed by atoms with Crippen LogP contribution in [0.25, 0.3) is 0 Å². The maximum atomic E-state index is 11.3. The standard InChI is InChI=1S/C19H18N4O3/c1-11-4-5-12(8-16(11)23(24)25)18-14-7-6-13(22(2)3)9-17(14)26-19(21)15(18)10-20/h4-9,18H,21H2,1-3H3. The Morgan fingerprint density at radius 1 is 1.27 bits per heavy atom. The summed E-state index contributed by atoms with van der Waals surface area (Å²) in [6, 6.07) is 12.7. The van der Waals surface area contributed by atoms with E-state index in [1.54, 1.807) is 19.1 Å². The Labute approximate surface area is 151 Å². The molecule has 0 spiro atoms. The molecule has 7 heteroatoms. The van der Waals surface area contributed by atoms with Crippen LogP contribution in [0, 0.1) is 28.4 Å². The molecule has 7 nitrogen and oxygen atoms in total. The third-order valence-corrected chi connectivity index (χ3v) is 4.48. The van der Waals surface area contributed by atoms with E-state index >= 15 is 0 Å². The van der Waals surface area contributed by atoms with Gasteiger partial charge in [-0.2, -0.15) is 5.26 Å². The van der Waals surface area contributed by atoms with Gasteiger partial charge in [-0.1, -0.05) is 18.2 Å². The molecule has 0 aromatic heterocycles. The Bertz CT molecular complexity index is 973. The number of hydrogen-bond acceptors (Lipinski definition) is 6. The first-order valence-electron chi connectivity index (χ1n) is 7.97. The average molecular weight is 350 g/mol. The fourth-order valence-corrected chi connectivity index (χ4v) is 3.07. The monoisotopic (exact) mass is 350 g/mol. The molecule has 0 amide bonds. The van der Waals surface area contributed by atoms with Gasteiger partial charge in [-0.25, -0.2) is 0 Å². The minimum Gasteiger partial charge on any atom is -0.440 e. The van der Waals surface area contributed by atoms with Crippen LogP contribution in [-0.2, 0) is 0 Å². The molecule has 0 radical (unpaired) electrons. The van der Waals surface area contributed by atoms with E-state index < -0.39 is 10.8 Å². The molecule has 0 aliphatic carbocycles. The van der Waals surface area contributed by atoms with Crippen LogP contribution in [0.4, 0.5) is 11.4 Å². The van der Waals surface area contributed by atoms with Crippen LogP contribution in [0.2, 0.25) is 0 Å². The SMILES string of the molecule is Cc1ccc(C2C(C#N)=C(N)Oc3cc(N(C)C)ccc32)cc1[N+](=O)[O-]. The molecule has 26 heavy (non-hydrogen) atoms. The first kappa shape index (κ1) is 17.3. The topological polar surface area (TPSA) is 105 Å². The van der Waals surface area contributed by atoms with Gasteiger partial charge in [0, 0.05) is 43.0 Å². The highest BCUT2D eigenvalue weighted by atomic mass is 16.6. The van der Waals surface area contributed by atoms with Crippen molar-refractivity contribution in [1.82, 2.24) is 0 Å². The maximum Gasteiger partial charge on any atom is 0.272 e. The van der Waals surface area contributed by atoms with Gasteiger partial charge in [0.25, 0.3) is 5.69 Å². The largest absolute Gasteiger partial charge is 0.440 e. The predicted molar refractivity (Wildman–Crippen MR) is 97.9 cm³/mol. The van der Waals surface area contributed by atoms with Crippen molar-refractivity contribution in [3.05, 3.63) is 74.7 Å². The third kappa shape index (κ3) is 2.82. The number of hydrogen-bond donors (Lipinski definition) is 1. The highest BCUT2D eigenvalue weighted by Gasteiger charge is 2.32. The quantitative estimate of drug-likeness (QED) is 0.673. The van der Waals surface area contributed by atoms with Gasteiger partial charge in [0.05, 0.1) is 10.8 Å². The number of benzene rings is 2. The number of allylic oxidation sites excluding steroid dienone is 1. The van der Waals surface area contributed by atoms with E-state index in [4.69, 9.17) is 10.5 Å². The molecule has 2 N–H and O–H groups in total. The molecule has 132 valence electrons. The summed E-state index contributed by atoms with van der Waals surface area (Å²) in [5.74, 6) is 0.0457. The summed E-state index contributed by atoms with van der Waals surface area (Å²) in [4.78, 5) is 12.8. The highest BCUT2D eigenvalue weighted by Crippen LogP contribution is 2.44. The number of nitriles is 1. The Morgan fingerprint density at radius 2 is 2.00 bits per heavy atom. The number of nitrogens with zero attached hydrogens (tertiary/aromatic N) is 3. The van der Waals surface area contributed by atoms with E-state index in [9.17, 15) is 15.4 Å². The third-order valence-electron chi connectivity index (χ3n) is 4.48. The molecule has 1 aliphatic rings. The molecule has 0 saturated carbocycles. The molecular weight excluding hydrogens is 332 g/mol. The van der Waals surface area contributed by atoms with E-state index in [0.29, 0.717) is 16.9 Å². The minimum absolute atomic E-state index is 0.0105. The van der Waals surface area contributed by atoms with Gasteiger partial charge in [-0.3, -0.25) is 10.1 Å². The molecule has 0 bridgehead atoms. The van der Waals surface area contributed by atoms with Gasteiger partial charge in [-0.15, -0.1) is 0 Å². The Hall–Kier alpha value is -3.53.